The van der Waals surface area contributed by atoms with E-state index in [1.165, 1.54) is 10.4 Å². The summed E-state index contributed by atoms with van der Waals surface area (Å²) < 4.78 is 6.79. The van der Waals surface area contributed by atoms with Gasteiger partial charge in [0.25, 0.3) is 0 Å². The Hall–Kier alpha value is -2.36. The topological polar surface area (TPSA) is 29.5 Å². The zero-order valence-corrected chi connectivity index (χ0v) is 17.5. The third-order valence-corrected chi connectivity index (χ3v) is 6.86. The highest BCUT2D eigenvalue weighted by molar-refractivity contribution is 6.80. The number of hydrogen-bond acceptors (Lipinski definition) is 2. The molecule has 0 aliphatic carbocycles. The molecule has 3 rings (SSSR count). The maximum Gasteiger partial charge on any atom is 0.352 e. The fourth-order valence-corrected chi connectivity index (χ4v) is 5.19. The molecule has 0 aliphatic rings. The van der Waals surface area contributed by atoms with Crippen LogP contribution >= 0.6 is 0 Å². The molecule has 0 fully saturated rings. The predicted octanol–water partition coefficient (Wildman–Crippen LogP) is 3.97. The van der Waals surface area contributed by atoms with Crippen LogP contribution in [0.3, 0.4) is 0 Å². The highest BCUT2D eigenvalue weighted by Gasteiger charge is 2.28. The van der Waals surface area contributed by atoms with Crippen molar-refractivity contribution >= 4 is 19.4 Å². The minimum absolute atomic E-state index is 0.0240. The van der Waals surface area contributed by atoms with Crippen LogP contribution in [0.1, 0.15) is 37.5 Å². The minimum Gasteiger partial charge on any atom is -0.532 e. The average molecular weight is 376 g/mol. The standard InChI is InChI=1S/C24H27O2Si/c1-18-15-16-22(24(2,3)4)23(21(18)17-25)26-27(19-11-7-5-8-12-19)20-13-9-6-10-14-20/h5-16,25H,17H2,1-4H3. The van der Waals surface area contributed by atoms with Gasteiger partial charge in [0, 0.05) is 5.56 Å². The molecule has 0 aliphatic heterocycles. The summed E-state index contributed by atoms with van der Waals surface area (Å²) in [6.45, 7) is 8.56. The number of benzene rings is 3. The Balaban J connectivity index is 2.16. The molecule has 0 amide bonds. The monoisotopic (exact) mass is 375 g/mol. The van der Waals surface area contributed by atoms with Gasteiger partial charge in [-0.15, -0.1) is 0 Å². The van der Waals surface area contributed by atoms with Crippen LogP contribution in [0.2, 0.25) is 0 Å². The molecule has 0 atom stereocenters. The molecular formula is C24H27O2Si. The van der Waals surface area contributed by atoms with Gasteiger partial charge in [-0.2, -0.15) is 0 Å². The van der Waals surface area contributed by atoms with Gasteiger partial charge in [0.2, 0.25) is 0 Å². The van der Waals surface area contributed by atoms with Gasteiger partial charge in [0.05, 0.1) is 6.61 Å². The van der Waals surface area contributed by atoms with Crippen LogP contribution < -0.4 is 14.8 Å². The van der Waals surface area contributed by atoms with E-state index in [9.17, 15) is 5.11 Å². The molecule has 0 unspecified atom stereocenters. The molecule has 139 valence electrons. The van der Waals surface area contributed by atoms with Crippen molar-refractivity contribution < 1.29 is 9.53 Å². The summed E-state index contributed by atoms with van der Waals surface area (Å²) >= 11 is 0. The molecular weight excluding hydrogens is 348 g/mol. The van der Waals surface area contributed by atoms with Crippen LogP contribution in [0.4, 0.5) is 0 Å². The summed E-state index contributed by atoms with van der Waals surface area (Å²) in [5, 5.41) is 12.5. The van der Waals surface area contributed by atoms with Crippen molar-refractivity contribution in [2.75, 3.05) is 0 Å². The summed E-state index contributed by atoms with van der Waals surface area (Å²) in [6.07, 6.45) is 0. The third kappa shape index (κ3) is 4.32. The van der Waals surface area contributed by atoms with Gasteiger partial charge >= 0.3 is 9.04 Å². The maximum absolute atomic E-state index is 10.1. The molecule has 27 heavy (non-hydrogen) atoms. The average Bonchev–Trinajstić information content (AvgIpc) is 2.66. The lowest BCUT2D eigenvalue weighted by molar-refractivity contribution is 0.277. The van der Waals surface area contributed by atoms with Crippen LogP contribution in [-0.2, 0) is 12.0 Å². The van der Waals surface area contributed by atoms with Gasteiger partial charge in [0.15, 0.2) is 0 Å². The van der Waals surface area contributed by atoms with Gasteiger partial charge in [-0.05, 0) is 33.8 Å². The first-order valence-electron chi connectivity index (χ1n) is 9.31. The molecule has 0 saturated heterocycles. The maximum atomic E-state index is 10.1. The largest absolute Gasteiger partial charge is 0.532 e. The summed E-state index contributed by atoms with van der Waals surface area (Å²) in [5.74, 6) is 0.839. The zero-order chi connectivity index (χ0) is 19.4. The van der Waals surface area contributed by atoms with Crippen molar-refractivity contribution in [1.29, 1.82) is 0 Å². The van der Waals surface area contributed by atoms with Crippen LogP contribution in [0.25, 0.3) is 0 Å². The highest BCUT2D eigenvalue weighted by Crippen LogP contribution is 2.36. The Kier molecular flexibility index (Phi) is 5.83. The van der Waals surface area contributed by atoms with Gasteiger partial charge in [-0.25, -0.2) is 0 Å². The minimum atomic E-state index is -1.49. The summed E-state index contributed by atoms with van der Waals surface area (Å²) in [5.41, 5.74) is 3.00. The van der Waals surface area contributed by atoms with Gasteiger partial charge in [-0.1, -0.05) is 93.6 Å². The van der Waals surface area contributed by atoms with Crippen molar-refractivity contribution in [1.82, 2.24) is 0 Å². The molecule has 0 heterocycles. The van der Waals surface area contributed by atoms with Crippen molar-refractivity contribution in [3.63, 3.8) is 0 Å². The quantitative estimate of drug-likeness (QED) is 0.684. The van der Waals surface area contributed by atoms with E-state index in [-0.39, 0.29) is 12.0 Å². The van der Waals surface area contributed by atoms with Crippen molar-refractivity contribution in [2.45, 2.75) is 39.7 Å². The number of aliphatic hydroxyl groups excluding tert-OH is 1. The first kappa shape index (κ1) is 19.4. The second-order valence-electron chi connectivity index (χ2n) is 7.81. The molecule has 1 N–H and O–H groups in total. The third-order valence-electron chi connectivity index (χ3n) is 4.74. The fourth-order valence-electron chi connectivity index (χ4n) is 3.20. The number of hydrogen-bond donors (Lipinski definition) is 1. The molecule has 0 aromatic heterocycles. The summed E-state index contributed by atoms with van der Waals surface area (Å²) in [4.78, 5) is 0. The Morgan fingerprint density at radius 2 is 1.33 bits per heavy atom. The fraction of sp³-hybridized carbons (Fsp3) is 0.250. The van der Waals surface area contributed by atoms with Crippen LogP contribution in [-0.4, -0.2) is 14.1 Å². The predicted molar refractivity (Wildman–Crippen MR) is 114 cm³/mol. The molecule has 0 bridgehead atoms. The molecule has 3 aromatic rings. The zero-order valence-electron chi connectivity index (χ0n) is 16.5. The molecule has 3 aromatic carbocycles. The smallest absolute Gasteiger partial charge is 0.352 e. The highest BCUT2D eigenvalue weighted by atomic mass is 28.3. The lowest BCUT2D eigenvalue weighted by atomic mass is 9.84. The molecule has 0 saturated carbocycles. The van der Waals surface area contributed by atoms with Crippen molar-refractivity contribution in [3.05, 3.63) is 89.5 Å². The number of aryl methyl sites for hydroxylation is 1. The van der Waals surface area contributed by atoms with E-state index in [2.05, 4.69) is 81.4 Å². The normalized spacial score (nSPS) is 11.6. The van der Waals surface area contributed by atoms with Crippen LogP contribution in [0, 0.1) is 6.92 Å². The van der Waals surface area contributed by atoms with Crippen LogP contribution in [0.15, 0.2) is 72.8 Å². The number of rotatable bonds is 5. The van der Waals surface area contributed by atoms with E-state index in [0.29, 0.717) is 0 Å². The van der Waals surface area contributed by atoms with E-state index in [0.717, 1.165) is 22.4 Å². The van der Waals surface area contributed by atoms with Gasteiger partial charge < -0.3 is 9.53 Å². The Labute approximate surface area is 164 Å². The number of aliphatic hydroxyl groups is 1. The van der Waals surface area contributed by atoms with E-state index in [1.807, 2.05) is 19.1 Å². The second kappa shape index (κ2) is 8.11. The lowest BCUT2D eigenvalue weighted by Gasteiger charge is -2.28. The second-order valence-corrected chi connectivity index (χ2v) is 9.83. The van der Waals surface area contributed by atoms with Crippen molar-refractivity contribution in [2.24, 2.45) is 0 Å². The lowest BCUT2D eigenvalue weighted by Crippen LogP contribution is -2.48. The molecule has 2 nitrogen and oxygen atoms in total. The van der Waals surface area contributed by atoms with E-state index in [4.69, 9.17) is 4.43 Å². The first-order valence-corrected chi connectivity index (χ1v) is 10.7. The SMILES string of the molecule is Cc1ccc(C(C)(C)C)c(O[Si](c2ccccc2)c2ccccc2)c1CO. The molecule has 1 radical (unpaired) electrons. The van der Waals surface area contributed by atoms with Crippen LogP contribution in [0.5, 0.6) is 5.75 Å². The van der Waals surface area contributed by atoms with Gasteiger partial charge in [-0.3, -0.25) is 0 Å². The summed E-state index contributed by atoms with van der Waals surface area (Å²) in [7, 11) is -1.49. The Morgan fingerprint density at radius 3 is 1.78 bits per heavy atom. The molecule has 0 spiro atoms. The van der Waals surface area contributed by atoms with E-state index in [1.54, 1.807) is 0 Å². The Bertz CT molecular complexity index is 844. The first-order chi connectivity index (χ1) is 12.9. The van der Waals surface area contributed by atoms with E-state index >= 15 is 0 Å². The van der Waals surface area contributed by atoms with Gasteiger partial charge in [0.1, 0.15) is 5.75 Å². The molecule has 3 heteroatoms. The summed E-state index contributed by atoms with van der Waals surface area (Å²) in [6, 6.07) is 25.0. The van der Waals surface area contributed by atoms with E-state index < -0.39 is 9.04 Å². The Morgan fingerprint density at radius 1 is 0.815 bits per heavy atom. The van der Waals surface area contributed by atoms with Crippen molar-refractivity contribution in [3.8, 4) is 5.75 Å².